The van der Waals surface area contributed by atoms with Gasteiger partial charge in [-0.3, -0.25) is 4.79 Å². The Bertz CT molecular complexity index is 226. The van der Waals surface area contributed by atoms with Crippen molar-refractivity contribution in [1.29, 1.82) is 0 Å². The molecule has 1 spiro atoms. The Morgan fingerprint density at radius 2 is 2.29 bits per heavy atom. The summed E-state index contributed by atoms with van der Waals surface area (Å²) in [6.45, 7) is 2.22. The second kappa shape index (κ2) is 4.26. The molecule has 2 aliphatic carbocycles. The Morgan fingerprint density at radius 1 is 1.43 bits per heavy atom. The van der Waals surface area contributed by atoms with E-state index in [0.29, 0.717) is 5.78 Å². The van der Waals surface area contributed by atoms with Crippen molar-refractivity contribution in [3.05, 3.63) is 0 Å². The van der Waals surface area contributed by atoms with Gasteiger partial charge in [-0.25, -0.2) is 0 Å². The Balaban J connectivity index is 1.99. The normalized spacial score (nSPS) is 38.1. The van der Waals surface area contributed by atoms with E-state index in [4.69, 9.17) is 0 Å². The molecule has 14 heavy (non-hydrogen) atoms. The Morgan fingerprint density at radius 3 is 3.00 bits per heavy atom. The van der Waals surface area contributed by atoms with Gasteiger partial charge in [0.2, 0.25) is 0 Å². The smallest absolute Gasteiger partial charge is 0.139 e. The van der Waals surface area contributed by atoms with Gasteiger partial charge in [0, 0.05) is 17.1 Å². The van der Waals surface area contributed by atoms with Crippen molar-refractivity contribution in [2.75, 3.05) is 5.75 Å². The molecule has 0 heterocycles. The summed E-state index contributed by atoms with van der Waals surface area (Å²) in [6.07, 6.45) is 8.13. The second-order valence-corrected chi connectivity index (χ2v) is 6.31. The first kappa shape index (κ1) is 10.5. The lowest BCUT2D eigenvalue weighted by molar-refractivity contribution is -0.130. The molecule has 2 atom stereocenters. The van der Waals surface area contributed by atoms with E-state index in [2.05, 4.69) is 18.7 Å². The van der Waals surface area contributed by atoms with Crippen molar-refractivity contribution < 1.29 is 4.79 Å². The predicted molar refractivity (Wildman–Crippen MR) is 61.7 cm³/mol. The molecule has 0 unspecified atom stereocenters. The van der Waals surface area contributed by atoms with Gasteiger partial charge >= 0.3 is 0 Å². The molecule has 0 amide bonds. The molecule has 2 rings (SSSR count). The molecule has 0 N–H and O–H groups in total. The van der Waals surface area contributed by atoms with Crippen LogP contribution in [0.15, 0.2) is 0 Å². The summed E-state index contributed by atoms with van der Waals surface area (Å²) in [4.78, 5) is 12.0. The van der Waals surface area contributed by atoms with Gasteiger partial charge in [-0.15, -0.1) is 0 Å². The highest BCUT2D eigenvalue weighted by Crippen LogP contribution is 2.49. The van der Waals surface area contributed by atoms with Gasteiger partial charge in [0.1, 0.15) is 5.78 Å². The van der Waals surface area contributed by atoms with E-state index in [-0.39, 0.29) is 5.41 Å². The van der Waals surface area contributed by atoms with Crippen molar-refractivity contribution in [2.24, 2.45) is 5.41 Å². The van der Waals surface area contributed by atoms with Crippen LogP contribution in [0.4, 0.5) is 0 Å². The van der Waals surface area contributed by atoms with Crippen molar-refractivity contribution in [3.63, 3.8) is 0 Å². The van der Waals surface area contributed by atoms with E-state index >= 15 is 0 Å². The predicted octanol–water partition coefficient (Wildman–Crippen LogP) is 3.42. The number of Topliss-reactive ketones (excluding diaryl/α,β-unsaturated/α-hetero) is 1. The molecule has 2 heteroatoms. The molecular weight excluding hydrogens is 192 g/mol. The molecule has 1 nitrogen and oxygen atoms in total. The number of carbonyl (C=O) groups is 1. The fraction of sp³-hybridized carbons (Fsp3) is 0.917. The van der Waals surface area contributed by atoms with Gasteiger partial charge < -0.3 is 0 Å². The van der Waals surface area contributed by atoms with Gasteiger partial charge in [0.15, 0.2) is 0 Å². The third-order valence-corrected chi connectivity index (χ3v) is 5.07. The highest BCUT2D eigenvalue weighted by Gasteiger charge is 2.45. The fourth-order valence-corrected chi connectivity index (χ4v) is 4.28. The lowest BCUT2D eigenvalue weighted by atomic mass is 9.72. The zero-order chi connectivity index (χ0) is 10.0. The minimum Gasteiger partial charge on any atom is -0.299 e. The van der Waals surface area contributed by atoms with Crippen LogP contribution in [-0.2, 0) is 4.79 Å². The van der Waals surface area contributed by atoms with E-state index in [1.807, 2.05) is 0 Å². The second-order valence-electron chi connectivity index (χ2n) is 4.73. The first-order valence-electron chi connectivity index (χ1n) is 5.92. The molecule has 0 aromatic rings. The van der Waals surface area contributed by atoms with Crippen LogP contribution in [0, 0.1) is 5.41 Å². The van der Waals surface area contributed by atoms with E-state index in [0.717, 1.165) is 18.1 Å². The van der Waals surface area contributed by atoms with E-state index < -0.39 is 0 Å². The number of hydrogen-bond acceptors (Lipinski definition) is 2. The molecule has 0 bridgehead atoms. The maximum Gasteiger partial charge on any atom is 0.139 e. The van der Waals surface area contributed by atoms with Crippen molar-refractivity contribution in [3.8, 4) is 0 Å². The third kappa shape index (κ3) is 1.86. The van der Waals surface area contributed by atoms with E-state index in [9.17, 15) is 4.79 Å². The number of carbonyl (C=O) groups excluding carboxylic acids is 1. The number of thioether (sulfide) groups is 1. The molecule has 0 radical (unpaired) electrons. The van der Waals surface area contributed by atoms with Crippen LogP contribution >= 0.6 is 11.8 Å². The van der Waals surface area contributed by atoms with Gasteiger partial charge in [-0.05, 0) is 37.9 Å². The molecule has 2 aliphatic rings. The number of rotatable bonds is 2. The maximum absolute atomic E-state index is 12.0. The first-order chi connectivity index (χ1) is 6.77. The summed E-state index contributed by atoms with van der Waals surface area (Å²) in [7, 11) is 0. The first-order valence-corrected chi connectivity index (χ1v) is 6.97. The molecule has 0 aromatic heterocycles. The quantitative estimate of drug-likeness (QED) is 0.697. The van der Waals surface area contributed by atoms with Crippen molar-refractivity contribution >= 4 is 17.5 Å². The van der Waals surface area contributed by atoms with Crippen LogP contribution in [0.3, 0.4) is 0 Å². The van der Waals surface area contributed by atoms with Crippen LogP contribution < -0.4 is 0 Å². The minimum atomic E-state index is 0.144. The van der Waals surface area contributed by atoms with Gasteiger partial charge in [-0.1, -0.05) is 13.3 Å². The number of hydrogen-bond donors (Lipinski definition) is 0. The average molecular weight is 212 g/mol. The molecule has 0 saturated heterocycles. The molecule has 0 aromatic carbocycles. The summed E-state index contributed by atoms with van der Waals surface area (Å²) in [5.41, 5.74) is 0.144. The minimum absolute atomic E-state index is 0.144. The topological polar surface area (TPSA) is 17.1 Å². The molecule has 2 fully saturated rings. The summed E-state index contributed by atoms with van der Waals surface area (Å²) in [5.74, 6) is 1.79. The Kier molecular flexibility index (Phi) is 3.20. The molecule has 2 saturated carbocycles. The average Bonchev–Trinajstić information content (AvgIpc) is 2.57. The van der Waals surface area contributed by atoms with Gasteiger partial charge in [0.25, 0.3) is 0 Å². The summed E-state index contributed by atoms with van der Waals surface area (Å²) in [6, 6.07) is 0. The van der Waals surface area contributed by atoms with Crippen molar-refractivity contribution in [2.45, 2.75) is 57.1 Å². The van der Waals surface area contributed by atoms with Gasteiger partial charge in [-0.2, -0.15) is 11.8 Å². The van der Waals surface area contributed by atoms with Crippen LogP contribution in [0.5, 0.6) is 0 Å². The Labute approximate surface area is 91.0 Å². The fourth-order valence-electron chi connectivity index (χ4n) is 3.09. The molecule has 80 valence electrons. The van der Waals surface area contributed by atoms with Crippen molar-refractivity contribution in [1.82, 2.24) is 0 Å². The van der Waals surface area contributed by atoms with Crippen LogP contribution in [-0.4, -0.2) is 16.8 Å². The SMILES string of the molecule is CCS[C@@H]1CC[C@]2(CCCCC2=O)C1. The Hall–Kier alpha value is 0.0200. The zero-order valence-electron chi connectivity index (χ0n) is 9.05. The lowest BCUT2D eigenvalue weighted by Crippen LogP contribution is -2.31. The zero-order valence-corrected chi connectivity index (χ0v) is 9.87. The van der Waals surface area contributed by atoms with Crippen LogP contribution in [0.1, 0.15) is 51.9 Å². The lowest BCUT2D eigenvalue weighted by Gasteiger charge is -2.31. The van der Waals surface area contributed by atoms with E-state index in [1.54, 1.807) is 0 Å². The summed E-state index contributed by atoms with van der Waals surface area (Å²) >= 11 is 2.06. The number of ketones is 1. The highest BCUT2D eigenvalue weighted by atomic mass is 32.2. The van der Waals surface area contributed by atoms with E-state index in [1.165, 1.54) is 37.9 Å². The molecular formula is C12H20OS. The highest BCUT2D eigenvalue weighted by molar-refractivity contribution is 7.99. The molecule has 0 aliphatic heterocycles. The maximum atomic E-state index is 12.0. The monoisotopic (exact) mass is 212 g/mol. The summed E-state index contributed by atoms with van der Waals surface area (Å²) < 4.78 is 0. The third-order valence-electron chi connectivity index (χ3n) is 3.87. The summed E-state index contributed by atoms with van der Waals surface area (Å²) in [5, 5.41) is 0.780. The van der Waals surface area contributed by atoms with Crippen LogP contribution in [0.2, 0.25) is 0 Å². The van der Waals surface area contributed by atoms with Gasteiger partial charge in [0.05, 0.1) is 0 Å². The van der Waals surface area contributed by atoms with Crippen LogP contribution in [0.25, 0.3) is 0 Å². The largest absolute Gasteiger partial charge is 0.299 e. The standard InChI is InChI=1S/C12H20OS/c1-2-14-10-6-8-12(9-10)7-4-3-5-11(12)13/h10H,2-9H2,1H3/t10-,12-/m1/s1.